The zero-order chi connectivity index (χ0) is 16.1. The van der Waals surface area contributed by atoms with Crippen LogP contribution in [0.25, 0.3) is 0 Å². The first-order chi connectivity index (χ1) is 11.2. The van der Waals surface area contributed by atoms with Crippen molar-refractivity contribution in [1.82, 2.24) is 15.2 Å². The molecule has 1 aliphatic heterocycles. The van der Waals surface area contributed by atoms with Crippen molar-refractivity contribution in [2.24, 2.45) is 11.8 Å². The first kappa shape index (κ1) is 16.4. The molecular weight excluding hydrogens is 286 g/mol. The van der Waals surface area contributed by atoms with Crippen LogP contribution in [0, 0.1) is 11.8 Å². The highest BCUT2D eigenvalue weighted by Crippen LogP contribution is 2.26. The summed E-state index contributed by atoms with van der Waals surface area (Å²) >= 11 is 0. The standard InChI is InChI=1S/C19H29N3O/c1-2-15-8-9-18(20-11-15)14-22-10-4-5-16(13-22)12-21-19(23)17-6-3-7-17/h8-9,11,16-17H,2-7,10,12-14H2,1H3,(H,21,23)/t16-/m1/s1. The van der Waals surface area contributed by atoms with E-state index >= 15 is 0 Å². The van der Waals surface area contributed by atoms with Gasteiger partial charge in [0.25, 0.3) is 0 Å². The summed E-state index contributed by atoms with van der Waals surface area (Å²) in [5, 5.41) is 3.17. The Morgan fingerprint density at radius 1 is 1.30 bits per heavy atom. The van der Waals surface area contributed by atoms with E-state index in [0.29, 0.717) is 11.8 Å². The van der Waals surface area contributed by atoms with Crippen molar-refractivity contribution >= 4 is 5.91 Å². The summed E-state index contributed by atoms with van der Waals surface area (Å²) < 4.78 is 0. The number of hydrogen-bond donors (Lipinski definition) is 1. The Morgan fingerprint density at radius 2 is 2.17 bits per heavy atom. The number of pyridine rings is 1. The second-order valence-corrected chi connectivity index (χ2v) is 7.13. The third-order valence-corrected chi connectivity index (χ3v) is 5.32. The van der Waals surface area contributed by atoms with Crippen LogP contribution < -0.4 is 5.32 Å². The largest absolute Gasteiger partial charge is 0.356 e. The molecule has 0 unspecified atom stereocenters. The molecule has 126 valence electrons. The Bertz CT molecular complexity index is 510. The van der Waals surface area contributed by atoms with Crippen LogP contribution >= 0.6 is 0 Å². The van der Waals surface area contributed by atoms with Crippen molar-refractivity contribution in [3.05, 3.63) is 29.6 Å². The lowest BCUT2D eigenvalue weighted by atomic mass is 9.84. The van der Waals surface area contributed by atoms with Gasteiger partial charge in [-0.1, -0.05) is 19.4 Å². The number of carbonyl (C=O) groups is 1. The minimum absolute atomic E-state index is 0.283. The molecule has 1 aromatic rings. The summed E-state index contributed by atoms with van der Waals surface area (Å²) in [6.07, 6.45) is 8.87. The quantitative estimate of drug-likeness (QED) is 0.878. The first-order valence-corrected chi connectivity index (χ1v) is 9.18. The molecule has 23 heavy (non-hydrogen) atoms. The van der Waals surface area contributed by atoms with E-state index in [2.05, 4.69) is 34.3 Å². The highest BCUT2D eigenvalue weighted by atomic mass is 16.1. The molecule has 0 spiro atoms. The molecule has 1 aliphatic carbocycles. The summed E-state index contributed by atoms with van der Waals surface area (Å²) in [5.41, 5.74) is 2.45. The molecule has 1 N–H and O–H groups in total. The molecule has 2 heterocycles. The van der Waals surface area contributed by atoms with Crippen molar-refractivity contribution < 1.29 is 4.79 Å². The van der Waals surface area contributed by atoms with Gasteiger partial charge in [-0.05, 0) is 56.2 Å². The zero-order valence-electron chi connectivity index (χ0n) is 14.3. The number of aromatic nitrogens is 1. The molecule has 0 bridgehead atoms. The van der Waals surface area contributed by atoms with Gasteiger partial charge in [-0.25, -0.2) is 0 Å². The molecular formula is C19H29N3O. The molecule has 1 saturated heterocycles. The fraction of sp³-hybridized carbons (Fsp3) is 0.684. The third-order valence-electron chi connectivity index (χ3n) is 5.32. The lowest BCUT2D eigenvalue weighted by Crippen LogP contribution is -2.42. The number of aryl methyl sites for hydroxylation is 1. The van der Waals surface area contributed by atoms with Gasteiger partial charge in [-0.3, -0.25) is 14.7 Å². The first-order valence-electron chi connectivity index (χ1n) is 9.18. The van der Waals surface area contributed by atoms with Crippen LogP contribution in [0.3, 0.4) is 0 Å². The molecule has 1 amide bonds. The highest BCUT2D eigenvalue weighted by Gasteiger charge is 2.26. The third kappa shape index (κ3) is 4.54. The number of hydrogen-bond acceptors (Lipinski definition) is 3. The second kappa shape index (κ2) is 7.91. The van der Waals surface area contributed by atoms with Gasteiger partial charge in [-0.15, -0.1) is 0 Å². The molecule has 4 heteroatoms. The van der Waals surface area contributed by atoms with Crippen LogP contribution in [0.2, 0.25) is 0 Å². The van der Waals surface area contributed by atoms with Gasteiger partial charge in [0.15, 0.2) is 0 Å². The molecule has 3 rings (SSSR count). The van der Waals surface area contributed by atoms with Gasteiger partial charge in [-0.2, -0.15) is 0 Å². The summed E-state index contributed by atoms with van der Waals surface area (Å²) in [6, 6.07) is 4.34. The van der Waals surface area contributed by atoms with E-state index in [0.717, 1.165) is 51.1 Å². The molecule has 1 aromatic heterocycles. The minimum Gasteiger partial charge on any atom is -0.356 e. The van der Waals surface area contributed by atoms with Crippen molar-refractivity contribution in [3.63, 3.8) is 0 Å². The van der Waals surface area contributed by atoms with Gasteiger partial charge in [0.05, 0.1) is 5.69 Å². The average Bonchev–Trinajstić information content (AvgIpc) is 2.52. The van der Waals surface area contributed by atoms with Crippen LogP contribution in [-0.2, 0) is 17.8 Å². The van der Waals surface area contributed by atoms with E-state index in [-0.39, 0.29) is 5.91 Å². The van der Waals surface area contributed by atoms with Crippen LogP contribution in [0.1, 0.15) is 50.3 Å². The summed E-state index contributed by atoms with van der Waals surface area (Å²) in [4.78, 5) is 19.0. The Kier molecular flexibility index (Phi) is 5.65. The Labute approximate surface area is 139 Å². The predicted molar refractivity (Wildman–Crippen MR) is 92.0 cm³/mol. The van der Waals surface area contributed by atoms with E-state index in [4.69, 9.17) is 0 Å². The number of amides is 1. The van der Waals surface area contributed by atoms with E-state index in [1.807, 2.05) is 6.20 Å². The monoisotopic (exact) mass is 315 g/mol. The normalized spacial score (nSPS) is 22.6. The van der Waals surface area contributed by atoms with E-state index in [1.54, 1.807) is 0 Å². The number of likely N-dealkylation sites (tertiary alicyclic amines) is 1. The van der Waals surface area contributed by atoms with E-state index in [1.165, 1.54) is 24.8 Å². The Hall–Kier alpha value is -1.42. The van der Waals surface area contributed by atoms with Gasteiger partial charge in [0.2, 0.25) is 5.91 Å². The molecule has 1 saturated carbocycles. The number of carbonyl (C=O) groups excluding carboxylic acids is 1. The van der Waals surface area contributed by atoms with Gasteiger partial charge < -0.3 is 5.32 Å². The second-order valence-electron chi connectivity index (χ2n) is 7.13. The van der Waals surface area contributed by atoms with Crippen LogP contribution in [0.4, 0.5) is 0 Å². The SMILES string of the molecule is CCc1ccc(CN2CCC[C@H](CNC(=O)C3CCC3)C2)nc1. The van der Waals surface area contributed by atoms with Gasteiger partial charge in [0.1, 0.15) is 0 Å². The average molecular weight is 315 g/mol. The lowest BCUT2D eigenvalue weighted by molar-refractivity contribution is -0.127. The zero-order valence-corrected chi connectivity index (χ0v) is 14.3. The van der Waals surface area contributed by atoms with E-state index in [9.17, 15) is 4.79 Å². The summed E-state index contributed by atoms with van der Waals surface area (Å²) in [6.45, 7) is 6.14. The maximum Gasteiger partial charge on any atom is 0.223 e. The van der Waals surface area contributed by atoms with Crippen molar-refractivity contribution in [1.29, 1.82) is 0 Å². The Balaban J connectivity index is 1.44. The topological polar surface area (TPSA) is 45.2 Å². The van der Waals surface area contributed by atoms with Gasteiger partial charge >= 0.3 is 0 Å². The number of rotatable bonds is 6. The molecule has 4 nitrogen and oxygen atoms in total. The number of piperidine rings is 1. The lowest BCUT2D eigenvalue weighted by Gasteiger charge is -2.33. The molecule has 1 atom stereocenters. The summed E-state index contributed by atoms with van der Waals surface area (Å²) in [7, 11) is 0. The number of nitrogens with one attached hydrogen (secondary N) is 1. The predicted octanol–water partition coefficient (Wildman–Crippen LogP) is 2.77. The molecule has 0 aromatic carbocycles. The highest BCUT2D eigenvalue weighted by molar-refractivity contribution is 5.79. The van der Waals surface area contributed by atoms with Crippen molar-refractivity contribution in [2.75, 3.05) is 19.6 Å². The maximum atomic E-state index is 12.0. The molecule has 2 aliphatic rings. The Morgan fingerprint density at radius 3 is 2.83 bits per heavy atom. The maximum absolute atomic E-state index is 12.0. The number of nitrogens with zero attached hydrogens (tertiary/aromatic N) is 2. The fourth-order valence-electron chi connectivity index (χ4n) is 3.51. The van der Waals surface area contributed by atoms with E-state index < -0.39 is 0 Å². The van der Waals surface area contributed by atoms with Gasteiger partial charge in [0, 0.05) is 31.7 Å². The fourth-order valence-corrected chi connectivity index (χ4v) is 3.51. The molecule has 0 radical (unpaired) electrons. The molecule has 2 fully saturated rings. The van der Waals surface area contributed by atoms with Crippen LogP contribution in [0.15, 0.2) is 18.3 Å². The van der Waals surface area contributed by atoms with Crippen LogP contribution in [0.5, 0.6) is 0 Å². The minimum atomic E-state index is 0.283. The summed E-state index contributed by atoms with van der Waals surface area (Å²) in [5.74, 6) is 1.17. The van der Waals surface area contributed by atoms with Crippen molar-refractivity contribution in [3.8, 4) is 0 Å². The smallest absolute Gasteiger partial charge is 0.223 e. The van der Waals surface area contributed by atoms with Crippen LogP contribution in [-0.4, -0.2) is 35.4 Å². The van der Waals surface area contributed by atoms with Crippen molar-refractivity contribution in [2.45, 2.75) is 52.0 Å².